The van der Waals surface area contributed by atoms with Crippen LogP contribution in [0.4, 0.5) is 0 Å². The summed E-state index contributed by atoms with van der Waals surface area (Å²) in [6, 6.07) is 19.0. The predicted molar refractivity (Wildman–Crippen MR) is 106 cm³/mol. The van der Waals surface area contributed by atoms with Crippen LogP contribution >= 0.6 is 11.6 Å². The topological polar surface area (TPSA) is 51.5 Å². The van der Waals surface area contributed by atoms with Crippen molar-refractivity contribution in [3.05, 3.63) is 88.3 Å². The zero-order chi connectivity index (χ0) is 19.2. The average Bonchev–Trinajstić information content (AvgIpc) is 3.10. The van der Waals surface area contributed by atoms with E-state index in [1.807, 2.05) is 56.3 Å². The Balaban J connectivity index is 1.73. The average molecular weight is 384 g/mol. The first-order valence-corrected chi connectivity index (χ1v) is 9.24. The molecule has 0 atom stereocenters. The molecule has 1 N–H and O–H groups in total. The molecule has 0 unspecified atom stereocenters. The van der Waals surface area contributed by atoms with Crippen LogP contribution in [0.1, 0.15) is 41.3 Å². The number of benzene rings is 2. The van der Waals surface area contributed by atoms with Crippen LogP contribution < -0.4 is 10.1 Å². The molecule has 0 aliphatic heterocycles. The van der Waals surface area contributed by atoms with E-state index in [1.165, 1.54) is 0 Å². The smallest absolute Gasteiger partial charge is 0.287 e. The number of ether oxygens (including phenoxy) is 1. The van der Waals surface area contributed by atoms with Crippen molar-refractivity contribution in [3.8, 4) is 5.75 Å². The molecule has 5 heteroatoms. The SMILES string of the molecule is CC(C)NC(=O)c1ccc(Cc2cc(Cl)ccc2OCc2ccccc2)o1. The van der Waals surface area contributed by atoms with Crippen molar-refractivity contribution in [3.63, 3.8) is 0 Å². The van der Waals surface area contributed by atoms with Crippen LogP contribution in [0, 0.1) is 0 Å². The third-order valence-corrected chi connectivity index (χ3v) is 4.16. The highest BCUT2D eigenvalue weighted by molar-refractivity contribution is 6.30. The largest absolute Gasteiger partial charge is 0.489 e. The summed E-state index contributed by atoms with van der Waals surface area (Å²) in [4.78, 5) is 12.1. The van der Waals surface area contributed by atoms with Crippen molar-refractivity contribution in [2.45, 2.75) is 32.9 Å². The monoisotopic (exact) mass is 383 g/mol. The van der Waals surface area contributed by atoms with E-state index in [0.29, 0.717) is 29.6 Å². The van der Waals surface area contributed by atoms with Gasteiger partial charge in [-0.05, 0) is 49.7 Å². The maximum Gasteiger partial charge on any atom is 0.287 e. The second-order valence-electron chi connectivity index (χ2n) is 6.60. The molecule has 3 rings (SSSR count). The van der Waals surface area contributed by atoms with Gasteiger partial charge in [0.1, 0.15) is 18.1 Å². The standard InChI is InChI=1S/C22H22ClNO3/c1-15(2)24-22(25)21-11-9-19(27-21)13-17-12-18(23)8-10-20(17)26-14-16-6-4-3-5-7-16/h3-12,15H,13-14H2,1-2H3,(H,24,25). The lowest BCUT2D eigenvalue weighted by Crippen LogP contribution is -2.29. The summed E-state index contributed by atoms with van der Waals surface area (Å²) in [5, 5.41) is 3.44. The number of hydrogen-bond acceptors (Lipinski definition) is 3. The Morgan fingerprint density at radius 1 is 1.11 bits per heavy atom. The Morgan fingerprint density at radius 2 is 1.89 bits per heavy atom. The van der Waals surface area contributed by atoms with Crippen molar-refractivity contribution in [1.82, 2.24) is 5.32 Å². The predicted octanol–water partition coefficient (Wildman–Crippen LogP) is 5.24. The Bertz CT molecular complexity index is 903. The molecule has 140 valence electrons. The molecule has 0 radical (unpaired) electrons. The van der Waals surface area contributed by atoms with Gasteiger partial charge in [0.2, 0.25) is 0 Å². The molecular weight excluding hydrogens is 362 g/mol. The molecule has 27 heavy (non-hydrogen) atoms. The van der Waals surface area contributed by atoms with Crippen LogP contribution in [0.15, 0.2) is 65.1 Å². The van der Waals surface area contributed by atoms with E-state index in [9.17, 15) is 4.79 Å². The van der Waals surface area contributed by atoms with Crippen LogP contribution in [0.2, 0.25) is 5.02 Å². The Morgan fingerprint density at radius 3 is 2.63 bits per heavy atom. The molecule has 1 amide bonds. The lowest BCUT2D eigenvalue weighted by molar-refractivity contribution is 0.0913. The Hall–Kier alpha value is -2.72. The fraction of sp³-hybridized carbons (Fsp3) is 0.227. The van der Waals surface area contributed by atoms with E-state index in [2.05, 4.69) is 5.32 Å². The Kier molecular flexibility index (Phi) is 6.20. The highest BCUT2D eigenvalue weighted by Crippen LogP contribution is 2.27. The summed E-state index contributed by atoms with van der Waals surface area (Å²) in [6.07, 6.45) is 0.486. The maximum atomic E-state index is 12.1. The number of nitrogens with one attached hydrogen (secondary N) is 1. The van der Waals surface area contributed by atoms with E-state index in [0.717, 1.165) is 16.9 Å². The molecule has 0 saturated heterocycles. The van der Waals surface area contributed by atoms with Crippen molar-refractivity contribution < 1.29 is 13.9 Å². The first-order chi connectivity index (χ1) is 13.0. The van der Waals surface area contributed by atoms with Crippen LogP contribution in [-0.4, -0.2) is 11.9 Å². The summed E-state index contributed by atoms with van der Waals surface area (Å²) >= 11 is 6.16. The molecule has 3 aromatic rings. The normalized spacial score (nSPS) is 10.8. The van der Waals surface area contributed by atoms with E-state index in [4.69, 9.17) is 20.8 Å². The number of rotatable bonds is 7. The van der Waals surface area contributed by atoms with E-state index >= 15 is 0 Å². The first-order valence-electron chi connectivity index (χ1n) is 8.86. The summed E-state index contributed by atoms with van der Waals surface area (Å²) in [7, 11) is 0. The van der Waals surface area contributed by atoms with Crippen molar-refractivity contribution in [2.24, 2.45) is 0 Å². The molecule has 0 spiro atoms. The van der Waals surface area contributed by atoms with E-state index in [-0.39, 0.29) is 11.9 Å². The molecule has 0 fully saturated rings. The summed E-state index contributed by atoms with van der Waals surface area (Å²) in [5.74, 6) is 1.50. The van der Waals surface area contributed by atoms with Gasteiger partial charge in [-0.3, -0.25) is 4.79 Å². The van der Waals surface area contributed by atoms with Crippen molar-refractivity contribution in [2.75, 3.05) is 0 Å². The van der Waals surface area contributed by atoms with Gasteiger partial charge in [0.15, 0.2) is 5.76 Å². The lowest BCUT2D eigenvalue weighted by Gasteiger charge is -2.11. The highest BCUT2D eigenvalue weighted by Gasteiger charge is 2.14. The van der Waals surface area contributed by atoms with Crippen LogP contribution in [0.25, 0.3) is 0 Å². The minimum Gasteiger partial charge on any atom is -0.489 e. The van der Waals surface area contributed by atoms with Crippen LogP contribution in [0.3, 0.4) is 0 Å². The van der Waals surface area contributed by atoms with Gasteiger partial charge >= 0.3 is 0 Å². The van der Waals surface area contributed by atoms with Crippen molar-refractivity contribution in [1.29, 1.82) is 0 Å². The number of halogens is 1. The fourth-order valence-corrected chi connectivity index (χ4v) is 2.87. The van der Waals surface area contributed by atoms with E-state index < -0.39 is 0 Å². The van der Waals surface area contributed by atoms with Gasteiger partial charge in [0.05, 0.1) is 0 Å². The number of furan rings is 1. The van der Waals surface area contributed by atoms with Gasteiger partial charge in [0, 0.05) is 23.0 Å². The minimum absolute atomic E-state index is 0.0527. The molecule has 1 aromatic heterocycles. The number of carbonyl (C=O) groups is 1. The van der Waals surface area contributed by atoms with Crippen LogP contribution in [0.5, 0.6) is 5.75 Å². The second-order valence-corrected chi connectivity index (χ2v) is 7.03. The van der Waals surface area contributed by atoms with Gasteiger partial charge in [0.25, 0.3) is 5.91 Å². The third-order valence-electron chi connectivity index (χ3n) is 3.93. The molecule has 0 aliphatic carbocycles. The Labute approximate surface area is 164 Å². The quantitative estimate of drug-likeness (QED) is 0.606. The van der Waals surface area contributed by atoms with Gasteiger partial charge in [-0.1, -0.05) is 41.9 Å². The second kappa shape index (κ2) is 8.78. The summed E-state index contributed by atoms with van der Waals surface area (Å²) in [6.45, 7) is 4.28. The molecule has 4 nitrogen and oxygen atoms in total. The fourth-order valence-electron chi connectivity index (χ4n) is 2.68. The lowest BCUT2D eigenvalue weighted by atomic mass is 10.1. The third kappa shape index (κ3) is 5.38. The van der Waals surface area contributed by atoms with Crippen molar-refractivity contribution >= 4 is 17.5 Å². The molecule has 0 bridgehead atoms. The maximum absolute atomic E-state index is 12.1. The zero-order valence-electron chi connectivity index (χ0n) is 15.4. The minimum atomic E-state index is -0.220. The molecular formula is C22H22ClNO3. The molecule has 1 heterocycles. The number of carbonyl (C=O) groups excluding carboxylic acids is 1. The first kappa shape index (κ1) is 19.1. The molecule has 0 saturated carbocycles. The summed E-state index contributed by atoms with van der Waals surface area (Å²) in [5.41, 5.74) is 1.99. The summed E-state index contributed by atoms with van der Waals surface area (Å²) < 4.78 is 11.7. The molecule has 0 aliphatic rings. The van der Waals surface area contributed by atoms with E-state index in [1.54, 1.807) is 18.2 Å². The molecule has 2 aromatic carbocycles. The number of amides is 1. The van der Waals surface area contributed by atoms with Gasteiger partial charge in [-0.15, -0.1) is 0 Å². The highest BCUT2D eigenvalue weighted by atomic mass is 35.5. The van der Waals surface area contributed by atoms with Crippen LogP contribution in [-0.2, 0) is 13.0 Å². The zero-order valence-corrected chi connectivity index (χ0v) is 16.1. The number of hydrogen-bond donors (Lipinski definition) is 1. The van der Waals surface area contributed by atoms with Gasteiger partial charge in [-0.2, -0.15) is 0 Å². The van der Waals surface area contributed by atoms with Gasteiger partial charge < -0.3 is 14.5 Å². The van der Waals surface area contributed by atoms with Gasteiger partial charge in [-0.25, -0.2) is 0 Å².